The zero-order chi connectivity index (χ0) is 14.1. The molecule has 0 fully saturated rings. The minimum Gasteiger partial charge on any atom is -0.300 e. The normalized spacial score (nSPS) is 15.6. The lowest BCUT2D eigenvalue weighted by Crippen LogP contribution is -2.27. The largest absolute Gasteiger partial charge is 0.300 e. The third-order valence-electron chi connectivity index (χ3n) is 3.68. The number of fused-ring (bicyclic) bond motifs is 1. The summed E-state index contributed by atoms with van der Waals surface area (Å²) in [6.45, 7) is 2.06. The highest BCUT2D eigenvalue weighted by Crippen LogP contribution is 2.24. The fourth-order valence-electron chi connectivity index (χ4n) is 2.58. The predicted molar refractivity (Wildman–Crippen MR) is 70.6 cm³/mol. The van der Waals surface area contributed by atoms with E-state index in [0.717, 1.165) is 30.9 Å². The van der Waals surface area contributed by atoms with Crippen molar-refractivity contribution in [2.75, 3.05) is 13.6 Å². The smallest absolute Gasteiger partial charge is 0.264 e. The van der Waals surface area contributed by atoms with Crippen LogP contribution in [0.4, 0.5) is 8.78 Å². The van der Waals surface area contributed by atoms with E-state index in [1.165, 1.54) is 6.07 Å². The molecule has 0 spiro atoms. The van der Waals surface area contributed by atoms with Crippen LogP contribution in [0.5, 0.6) is 0 Å². The molecule has 6 heteroatoms. The molecule has 20 heavy (non-hydrogen) atoms. The van der Waals surface area contributed by atoms with Crippen molar-refractivity contribution in [2.24, 2.45) is 0 Å². The molecule has 2 heterocycles. The lowest BCUT2D eigenvalue weighted by atomic mass is 10.1. The molecule has 1 aliphatic heterocycles. The number of alkyl halides is 2. The molecule has 0 N–H and O–H groups in total. The summed E-state index contributed by atoms with van der Waals surface area (Å²) in [6, 6.07) is 6.61. The van der Waals surface area contributed by atoms with Gasteiger partial charge in [-0.1, -0.05) is 29.5 Å². The third kappa shape index (κ3) is 2.43. The summed E-state index contributed by atoms with van der Waals surface area (Å²) < 4.78 is 27.7. The van der Waals surface area contributed by atoms with Crippen molar-refractivity contribution >= 4 is 0 Å². The van der Waals surface area contributed by atoms with Gasteiger partial charge >= 0.3 is 0 Å². The van der Waals surface area contributed by atoms with Crippen LogP contribution in [0, 0.1) is 0 Å². The lowest BCUT2D eigenvalue weighted by Gasteiger charge is -2.21. The molecule has 1 aliphatic rings. The van der Waals surface area contributed by atoms with Crippen molar-refractivity contribution in [1.29, 1.82) is 0 Å². The van der Waals surface area contributed by atoms with E-state index in [-0.39, 0.29) is 5.56 Å². The SMILES string of the molecule is CN1CCc2c(nnn2Cc2ccccc2C(F)F)C1. The van der Waals surface area contributed by atoms with Crippen LogP contribution in [-0.4, -0.2) is 33.5 Å². The number of likely N-dealkylation sites (N-methyl/N-ethyl adjacent to an activating group) is 1. The number of hydrogen-bond donors (Lipinski definition) is 0. The van der Waals surface area contributed by atoms with Gasteiger partial charge in [-0.25, -0.2) is 13.5 Å². The molecule has 3 rings (SSSR count). The van der Waals surface area contributed by atoms with Crippen molar-refractivity contribution < 1.29 is 8.78 Å². The molecular weight excluding hydrogens is 262 g/mol. The van der Waals surface area contributed by atoms with E-state index < -0.39 is 6.43 Å². The molecule has 106 valence electrons. The molecule has 0 saturated carbocycles. The molecule has 0 amide bonds. The van der Waals surface area contributed by atoms with Crippen molar-refractivity contribution in [3.63, 3.8) is 0 Å². The highest BCUT2D eigenvalue weighted by Gasteiger charge is 2.21. The second-order valence-corrected chi connectivity index (χ2v) is 5.13. The first-order valence-corrected chi connectivity index (χ1v) is 6.61. The zero-order valence-corrected chi connectivity index (χ0v) is 11.3. The minimum absolute atomic E-state index is 0.0738. The van der Waals surface area contributed by atoms with Gasteiger partial charge in [-0.05, 0) is 12.6 Å². The van der Waals surface area contributed by atoms with Gasteiger partial charge in [0.25, 0.3) is 6.43 Å². The minimum atomic E-state index is -2.46. The van der Waals surface area contributed by atoms with Gasteiger partial charge in [0.05, 0.1) is 17.9 Å². The summed E-state index contributed by atoms with van der Waals surface area (Å²) in [4.78, 5) is 2.18. The van der Waals surface area contributed by atoms with E-state index in [1.54, 1.807) is 22.9 Å². The maximum Gasteiger partial charge on any atom is 0.264 e. The third-order valence-corrected chi connectivity index (χ3v) is 3.68. The molecule has 4 nitrogen and oxygen atoms in total. The van der Waals surface area contributed by atoms with Crippen molar-refractivity contribution in [1.82, 2.24) is 19.9 Å². The van der Waals surface area contributed by atoms with Gasteiger partial charge in [0.2, 0.25) is 0 Å². The molecule has 0 aliphatic carbocycles. The monoisotopic (exact) mass is 278 g/mol. The summed E-state index contributed by atoms with van der Waals surface area (Å²) in [5.74, 6) is 0. The Balaban J connectivity index is 1.89. The molecule has 1 aromatic heterocycles. The Kier molecular flexibility index (Phi) is 3.48. The second kappa shape index (κ2) is 5.28. The molecule has 0 atom stereocenters. The van der Waals surface area contributed by atoms with E-state index >= 15 is 0 Å². The van der Waals surface area contributed by atoms with E-state index in [4.69, 9.17) is 0 Å². The van der Waals surface area contributed by atoms with E-state index in [1.807, 2.05) is 7.05 Å². The first kappa shape index (κ1) is 13.2. The Morgan fingerprint density at radius 3 is 2.90 bits per heavy atom. The number of nitrogens with zero attached hydrogens (tertiary/aromatic N) is 4. The summed E-state index contributed by atoms with van der Waals surface area (Å²) >= 11 is 0. The van der Waals surface area contributed by atoms with Gasteiger partial charge in [0.15, 0.2) is 0 Å². The lowest BCUT2D eigenvalue weighted by molar-refractivity contribution is 0.150. The zero-order valence-electron chi connectivity index (χ0n) is 11.3. The summed E-state index contributed by atoms with van der Waals surface area (Å²) in [5.41, 5.74) is 2.69. The van der Waals surface area contributed by atoms with Gasteiger partial charge in [0, 0.05) is 25.1 Å². The standard InChI is InChI=1S/C14H16F2N4/c1-19-7-6-13-12(9-19)17-18-20(13)8-10-4-2-3-5-11(10)14(15)16/h2-5,14H,6-9H2,1H3. The fourth-order valence-corrected chi connectivity index (χ4v) is 2.58. The van der Waals surface area contributed by atoms with Gasteiger partial charge in [-0.3, -0.25) is 0 Å². The number of halogens is 2. The van der Waals surface area contributed by atoms with Crippen LogP contribution in [-0.2, 0) is 19.5 Å². The van der Waals surface area contributed by atoms with Crippen LogP contribution >= 0.6 is 0 Å². The average molecular weight is 278 g/mol. The average Bonchev–Trinajstić information content (AvgIpc) is 2.81. The Labute approximate surface area is 116 Å². The van der Waals surface area contributed by atoms with E-state index in [2.05, 4.69) is 15.2 Å². The maximum atomic E-state index is 13.0. The predicted octanol–water partition coefficient (Wildman–Crippen LogP) is 2.25. The van der Waals surface area contributed by atoms with Gasteiger partial charge in [0.1, 0.15) is 0 Å². The highest BCUT2D eigenvalue weighted by molar-refractivity contribution is 5.29. The molecular formula is C14H16F2N4. The molecule has 0 bridgehead atoms. The Hall–Kier alpha value is -1.82. The van der Waals surface area contributed by atoms with Crippen LogP contribution in [0.2, 0.25) is 0 Å². The van der Waals surface area contributed by atoms with Crippen LogP contribution < -0.4 is 0 Å². The van der Waals surface area contributed by atoms with Crippen LogP contribution in [0.25, 0.3) is 0 Å². The van der Waals surface area contributed by atoms with Crippen molar-refractivity contribution in [3.8, 4) is 0 Å². The number of hydrogen-bond acceptors (Lipinski definition) is 3. The van der Waals surface area contributed by atoms with E-state index in [9.17, 15) is 8.78 Å². The first-order valence-electron chi connectivity index (χ1n) is 6.61. The maximum absolute atomic E-state index is 13.0. The van der Waals surface area contributed by atoms with Crippen LogP contribution in [0.15, 0.2) is 24.3 Å². The number of aromatic nitrogens is 3. The molecule has 0 unspecified atom stereocenters. The molecule has 1 aromatic carbocycles. The Morgan fingerprint density at radius 2 is 2.10 bits per heavy atom. The molecule has 0 saturated heterocycles. The van der Waals surface area contributed by atoms with Crippen molar-refractivity contribution in [2.45, 2.75) is 25.9 Å². The summed E-state index contributed by atoms with van der Waals surface area (Å²) in [6.07, 6.45) is -1.60. The molecule has 0 radical (unpaired) electrons. The topological polar surface area (TPSA) is 34.0 Å². The fraction of sp³-hybridized carbons (Fsp3) is 0.429. The number of rotatable bonds is 3. The Morgan fingerprint density at radius 1 is 1.30 bits per heavy atom. The van der Waals surface area contributed by atoms with Crippen LogP contribution in [0.1, 0.15) is 28.9 Å². The Bertz CT molecular complexity index is 609. The van der Waals surface area contributed by atoms with Gasteiger partial charge in [-0.15, -0.1) is 5.10 Å². The summed E-state index contributed by atoms with van der Waals surface area (Å²) in [5, 5.41) is 8.28. The number of benzene rings is 1. The second-order valence-electron chi connectivity index (χ2n) is 5.13. The molecule has 2 aromatic rings. The van der Waals surface area contributed by atoms with Crippen LogP contribution in [0.3, 0.4) is 0 Å². The van der Waals surface area contributed by atoms with Crippen molar-refractivity contribution in [3.05, 3.63) is 46.8 Å². The highest BCUT2D eigenvalue weighted by atomic mass is 19.3. The van der Waals surface area contributed by atoms with Gasteiger partial charge < -0.3 is 4.90 Å². The van der Waals surface area contributed by atoms with E-state index in [0.29, 0.717) is 12.1 Å². The van der Waals surface area contributed by atoms with Gasteiger partial charge in [-0.2, -0.15) is 0 Å². The quantitative estimate of drug-likeness (QED) is 0.863. The summed E-state index contributed by atoms with van der Waals surface area (Å²) in [7, 11) is 2.04. The first-order chi connectivity index (χ1) is 9.65.